The summed E-state index contributed by atoms with van der Waals surface area (Å²) in [5.41, 5.74) is 7.48. The number of carbonyl (C=O) groups excluding carboxylic acids is 2. The van der Waals surface area contributed by atoms with Gasteiger partial charge in [-0.15, -0.1) is 4.28 Å². The third kappa shape index (κ3) is 2.63. The number of rotatable bonds is 6. The van der Waals surface area contributed by atoms with Gasteiger partial charge in [-0.05, 0) is 18.3 Å². The van der Waals surface area contributed by atoms with Gasteiger partial charge in [-0.3, -0.25) is 14.2 Å². The Morgan fingerprint density at radius 2 is 2.18 bits per heavy atom. The highest BCUT2D eigenvalue weighted by atomic mass is 32.3. The largest absolute Gasteiger partial charge is 0.418 e. The summed E-state index contributed by atoms with van der Waals surface area (Å²) in [6.07, 6.45) is 0.661. The second-order valence-electron chi connectivity index (χ2n) is 5.44. The second kappa shape index (κ2) is 5.31. The normalized spacial score (nSPS) is 32.9. The Balaban J connectivity index is 1.73. The van der Waals surface area contributed by atoms with E-state index in [1.807, 2.05) is 0 Å². The second-order valence-corrected chi connectivity index (χ2v) is 6.45. The fourth-order valence-electron chi connectivity index (χ4n) is 3.20. The molecule has 0 aromatic heterocycles. The molecule has 2 aliphatic heterocycles. The van der Waals surface area contributed by atoms with Crippen LogP contribution in [0.2, 0.25) is 0 Å². The Morgan fingerprint density at radius 1 is 1.45 bits per heavy atom. The standard InChI is InChI=1S/C10H16N4O7S/c11-1-2-20-12-9(15)8-6-3-5(6)7-4-13(8)10(16)14(7)21-22(17,18)19/h5-8H,1-4,11H2,(H,12,15)(H,17,18,19). The SMILES string of the molecule is NCCONC(=O)C1C2CC2C2CN1C(=O)N2OS(=O)(=O)O. The first-order chi connectivity index (χ1) is 10.3. The van der Waals surface area contributed by atoms with Crippen LogP contribution >= 0.6 is 0 Å². The highest BCUT2D eigenvalue weighted by Gasteiger charge is 2.65. The summed E-state index contributed by atoms with van der Waals surface area (Å²) in [6.45, 7) is 0.531. The van der Waals surface area contributed by atoms with Crippen LogP contribution in [0.4, 0.5) is 4.79 Å². The molecular formula is C10H16N4O7S. The van der Waals surface area contributed by atoms with Crippen LogP contribution in [0.5, 0.6) is 0 Å². The third-order valence-electron chi connectivity index (χ3n) is 4.08. The molecule has 4 atom stereocenters. The van der Waals surface area contributed by atoms with Crippen LogP contribution < -0.4 is 11.2 Å². The summed E-state index contributed by atoms with van der Waals surface area (Å²) in [4.78, 5) is 30.4. The molecule has 2 saturated heterocycles. The molecule has 3 rings (SSSR count). The Labute approximate surface area is 126 Å². The van der Waals surface area contributed by atoms with E-state index < -0.39 is 34.4 Å². The van der Waals surface area contributed by atoms with Gasteiger partial charge in [-0.1, -0.05) is 0 Å². The summed E-state index contributed by atoms with van der Waals surface area (Å²) in [7, 11) is -4.80. The van der Waals surface area contributed by atoms with E-state index in [0.29, 0.717) is 11.5 Å². The average Bonchev–Trinajstić information content (AvgIpc) is 3.17. The van der Waals surface area contributed by atoms with Crippen molar-refractivity contribution in [2.75, 3.05) is 19.7 Å². The highest BCUT2D eigenvalue weighted by Crippen LogP contribution is 2.53. The van der Waals surface area contributed by atoms with E-state index >= 15 is 0 Å². The number of piperidine rings is 1. The number of amides is 3. The first kappa shape index (κ1) is 15.4. The number of fused-ring (bicyclic) bond motifs is 4. The number of nitrogens with two attached hydrogens (primary N) is 1. The van der Waals surface area contributed by atoms with E-state index in [9.17, 15) is 18.0 Å². The van der Waals surface area contributed by atoms with Crippen LogP contribution in [0.3, 0.4) is 0 Å². The van der Waals surface area contributed by atoms with Crippen molar-refractivity contribution in [3.8, 4) is 0 Å². The molecule has 1 saturated carbocycles. The van der Waals surface area contributed by atoms with E-state index in [1.165, 1.54) is 4.90 Å². The topological polar surface area (TPSA) is 151 Å². The van der Waals surface area contributed by atoms with Gasteiger partial charge in [0.1, 0.15) is 6.04 Å². The van der Waals surface area contributed by atoms with Crippen LogP contribution in [0.15, 0.2) is 0 Å². The lowest BCUT2D eigenvalue weighted by Gasteiger charge is -2.28. The van der Waals surface area contributed by atoms with Crippen molar-refractivity contribution in [2.24, 2.45) is 17.6 Å². The lowest BCUT2D eigenvalue weighted by Crippen LogP contribution is -2.51. The van der Waals surface area contributed by atoms with Gasteiger partial charge in [0, 0.05) is 13.1 Å². The Hall–Kier alpha value is -1.47. The highest BCUT2D eigenvalue weighted by molar-refractivity contribution is 7.80. The lowest BCUT2D eigenvalue weighted by atomic mass is 10.0. The minimum atomic E-state index is -4.80. The van der Waals surface area contributed by atoms with Crippen LogP contribution in [-0.4, -0.2) is 66.7 Å². The van der Waals surface area contributed by atoms with Gasteiger partial charge in [-0.2, -0.15) is 13.5 Å². The van der Waals surface area contributed by atoms with Crippen molar-refractivity contribution in [1.82, 2.24) is 15.4 Å². The maximum Gasteiger partial charge on any atom is 0.418 e. The van der Waals surface area contributed by atoms with Crippen LogP contribution in [-0.2, 0) is 24.3 Å². The monoisotopic (exact) mass is 336 g/mol. The molecule has 4 N–H and O–H groups in total. The maximum atomic E-state index is 12.2. The zero-order valence-corrected chi connectivity index (χ0v) is 12.2. The quantitative estimate of drug-likeness (QED) is 0.282. The molecule has 1 aliphatic carbocycles. The summed E-state index contributed by atoms with van der Waals surface area (Å²) >= 11 is 0. The molecule has 3 aliphatic rings. The lowest BCUT2D eigenvalue weighted by molar-refractivity contribution is -0.139. The fraction of sp³-hybridized carbons (Fsp3) is 0.800. The first-order valence-electron chi connectivity index (χ1n) is 6.72. The van der Waals surface area contributed by atoms with Crippen molar-refractivity contribution >= 4 is 22.3 Å². The van der Waals surface area contributed by atoms with Crippen molar-refractivity contribution in [3.05, 3.63) is 0 Å². The van der Waals surface area contributed by atoms with Gasteiger partial charge >= 0.3 is 16.4 Å². The third-order valence-corrected chi connectivity index (χ3v) is 4.43. The average molecular weight is 336 g/mol. The summed E-state index contributed by atoms with van der Waals surface area (Å²) in [5, 5.41) is 0.633. The zero-order valence-electron chi connectivity index (χ0n) is 11.4. The summed E-state index contributed by atoms with van der Waals surface area (Å²) in [6, 6.07) is -2.01. The molecule has 22 heavy (non-hydrogen) atoms. The summed E-state index contributed by atoms with van der Waals surface area (Å²) in [5.74, 6) is -0.615. The van der Waals surface area contributed by atoms with E-state index in [1.54, 1.807) is 0 Å². The molecule has 0 aromatic rings. The molecule has 12 heteroatoms. The van der Waals surface area contributed by atoms with Gasteiger partial charge in [0.25, 0.3) is 5.91 Å². The summed E-state index contributed by atoms with van der Waals surface area (Å²) < 4.78 is 34.8. The fourth-order valence-corrected chi connectivity index (χ4v) is 3.58. The van der Waals surface area contributed by atoms with Crippen molar-refractivity contribution in [2.45, 2.75) is 18.5 Å². The van der Waals surface area contributed by atoms with Crippen LogP contribution in [0.25, 0.3) is 0 Å². The smallest absolute Gasteiger partial charge is 0.328 e. The molecule has 0 spiro atoms. The van der Waals surface area contributed by atoms with Gasteiger partial charge < -0.3 is 10.6 Å². The zero-order chi connectivity index (χ0) is 16.1. The number of carbonyl (C=O) groups is 2. The van der Waals surface area contributed by atoms with Gasteiger partial charge in [0.2, 0.25) is 0 Å². The first-order valence-corrected chi connectivity index (χ1v) is 8.08. The minimum absolute atomic E-state index is 0.0466. The maximum absolute atomic E-state index is 12.2. The van der Waals surface area contributed by atoms with Crippen LogP contribution in [0.1, 0.15) is 6.42 Å². The van der Waals surface area contributed by atoms with Gasteiger partial charge in [0.15, 0.2) is 0 Å². The number of urea groups is 1. The molecule has 2 bridgehead atoms. The molecule has 0 radical (unpaired) electrons. The molecular weight excluding hydrogens is 320 g/mol. The van der Waals surface area contributed by atoms with Crippen molar-refractivity contribution < 1.29 is 31.7 Å². The van der Waals surface area contributed by atoms with E-state index in [4.69, 9.17) is 15.1 Å². The number of nitrogens with zero attached hydrogens (tertiary/aromatic N) is 2. The van der Waals surface area contributed by atoms with Gasteiger partial charge in [-0.25, -0.2) is 10.3 Å². The van der Waals surface area contributed by atoms with E-state index in [2.05, 4.69) is 9.76 Å². The van der Waals surface area contributed by atoms with E-state index in [0.717, 1.165) is 0 Å². The number of hydrogen-bond donors (Lipinski definition) is 3. The van der Waals surface area contributed by atoms with Gasteiger partial charge in [0.05, 0.1) is 12.6 Å². The van der Waals surface area contributed by atoms with Crippen molar-refractivity contribution in [3.63, 3.8) is 0 Å². The molecule has 3 fully saturated rings. The molecule has 124 valence electrons. The van der Waals surface area contributed by atoms with E-state index in [-0.39, 0.29) is 31.5 Å². The predicted molar refractivity (Wildman–Crippen MR) is 68.9 cm³/mol. The number of nitrogens with one attached hydrogen (secondary N) is 1. The minimum Gasteiger partial charge on any atom is -0.328 e. The van der Waals surface area contributed by atoms with Crippen molar-refractivity contribution in [1.29, 1.82) is 0 Å². The molecule has 4 unspecified atom stereocenters. The number of hydrogen-bond acceptors (Lipinski definition) is 7. The molecule has 3 amide bonds. The molecule has 0 aromatic carbocycles. The molecule has 2 heterocycles. The predicted octanol–water partition coefficient (Wildman–Crippen LogP) is -2.15. The molecule has 11 nitrogen and oxygen atoms in total. The Bertz CT molecular complexity index is 596. The van der Waals surface area contributed by atoms with Crippen LogP contribution in [0, 0.1) is 11.8 Å². The number of hydroxylamine groups is 3. The Kier molecular flexibility index (Phi) is 3.72. The Morgan fingerprint density at radius 3 is 2.82 bits per heavy atom.